The molecule has 3 nitrogen and oxygen atoms in total. The van der Waals surface area contributed by atoms with E-state index in [-0.39, 0.29) is 0 Å². The van der Waals surface area contributed by atoms with Crippen molar-refractivity contribution in [2.45, 2.75) is 31.8 Å². The summed E-state index contributed by atoms with van der Waals surface area (Å²) in [5.74, 6) is 0.905. The second kappa shape index (κ2) is 5.52. The van der Waals surface area contributed by atoms with Gasteiger partial charge in [-0.3, -0.25) is 0 Å². The molecular weight excluding hydrogens is 214 g/mol. The Bertz CT molecular complexity index is 359. The molecule has 0 saturated carbocycles. The Labute approximate surface area is 103 Å². The molecule has 0 aliphatic carbocycles. The second-order valence-electron chi connectivity index (χ2n) is 4.69. The molecule has 0 aromatic heterocycles. The van der Waals surface area contributed by atoms with Crippen LogP contribution in [0.25, 0.3) is 0 Å². The number of hydrogen-bond acceptors (Lipinski definition) is 3. The minimum absolute atomic E-state index is 0.571. The first-order valence-corrected chi connectivity index (χ1v) is 6.37. The normalized spacial score (nSPS) is 18.9. The van der Waals surface area contributed by atoms with Gasteiger partial charge in [-0.2, -0.15) is 0 Å². The molecule has 1 aromatic carbocycles. The summed E-state index contributed by atoms with van der Waals surface area (Å²) in [6.45, 7) is 4.44. The first-order valence-electron chi connectivity index (χ1n) is 6.37. The average Bonchev–Trinajstić information content (AvgIpc) is 2.32. The van der Waals surface area contributed by atoms with Gasteiger partial charge >= 0.3 is 0 Å². The summed E-state index contributed by atoms with van der Waals surface area (Å²) in [4.78, 5) is 0. The molecule has 0 spiro atoms. The molecule has 1 fully saturated rings. The van der Waals surface area contributed by atoms with Crippen LogP contribution in [0.1, 0.15) is 25.3 Å². The van der Waals surface area contributed by atoms with Crippen molar-refractivity contribution in [1.82, 2.24) is 5.32 Å². The third-order valence-corrected chi connectivity index (χ3v) is 3.33. The molecule has 1 aliphatic rings. The van der Waals surface area contributed by atoms with E-state index in [4.69, 9.17) is 4.74 Å². The van der Waals surface area contributed by atoms with Crippen LogP contribution in [-0.2, 0) is 6.42 Å². The number of benzene rings is 1. The molecule has 0 bridgehead atoms. The van der Waals surface area contributed by atoms with E-state index in [0.29, 0.717) is 13.0 Å². The van der Waals surface area contributed by atoms with Crippen LogP contribution in [0, 0.1) is 0 Å². The third-order valence-electron chi connectivity index (χ3n) is 3.33. The Morgan fingerprint density at radius 2 is 2.00 bits per heavy atom. The lowest BCUT2D eigenvalue weighted by molar-refractivity contribution is 0.0103. The first kappa shape index (κ1) is 12.4. The van der Waals surface area contributed by atoms with Gasteiger partial charge in [0.05, 0.1) is 12.2 Å². The Balaban J connectivity index is 2.11. The van der Waals surface area contributed by atoms with Crippen molar-refractivity contribution in [3.8, 4) is 5.75 Å². The Morgan fingerprint density at radius 3 is 2.71 bits per heavy atom. The number of piperidine rings is 1. The SMILES string of the molecule is CCOc1ccccc1CC1(O)CCNCC1. The predicted octanol–water partition coefficient (Wildman–Crippen LogP) is 1.74. The van der Waals surface area contributed by atoms with Gasteiger partial charge in [-0.05, 0) is 44.5 Å². The van der Waals surface area contributed by atoms with Gasteiger partial charge in [-0.25, -0.2) is 0 Å². The van der Waals surface area contributed by atoms with Crippen molar-refractivity contribution in [2.75, 3.05) is 19.7 Å². The maximum Gasteiger partial charge on any atom is 0.122 e. The van der Waals surface area contributed by atoms with Crippen LogP contribution in [0.15, 0.2) is 24.3 Å². The van der Waals surface area contributed by atoms with Gasteiger partial charge < -0.3 is 15.2 Å². The molecule has 0 radical (unpaired) electrons. The fraction of sp³-hybridized carbons (Fsp3) is 0.571. The maximum atomic E-state index is 10.5. The summed E-state index contributed by atoms with van der Waals surface area (Å²) in [5, 5.41) is 13.8. The molecule has 1 heterocycles. The van der Waals surface area contributed by atoms with Crippen molar-refractivity contribution in [3.05, 3.63) is 29.8 Å². The fourth-order valence-electron chi connectivity index (χ4n) is 2.37. The van der Waals surface area contributed by atoms with E-state index in [9.17, 15) is 5.11 Å². The highest BCUT2D eigenvalue weighted by Gasteiger charge is 2.30. The lowest BCUT2D eigenvalue weighted by Crippen LogP contribution is -2.43. The molecule has 3 heteroatoms. The average molecular weight is 235 g/mol. The summed E-state index contributed by atoms with van der Waals surface area (Å²) in [7, 11) is 0. The Morgan fingerprint density at radius 1 is 1.29 bits per heavy atom. The van der Waals surface area contributed by atoms with Gasteiger partial charge in [0, 0.05) is 6.42 Å². The largest absolute Gasteiger partial charge is 0.494 e. The summed E-state index contributed by atoms with van der Waals surface area (Å²) >= 11 is 0. The summed E-state index contributed by atoms with van der Waals surface area (Å²) in [6.07, 6.45) is 2.31. The monoisotopic (exact) mass is 235 g/mol. The van der Waals surface area contributed by atoms with E-state index < -0.39 is 5.60 Å². The number of nitrogens with one attached hydrogen (secondary N) is 1. The molecule has 1 saturated heterocycles. The third kappa shape index (κ3) is 3.20. The molecule has 1 aromatic rings. The number of ether oxygens (including phenoxy) is 1. The highest BCUT2D eigenvalue weighted by atomic mass is 16.5. The lowest BCUT2D eigenvalue weighted by atomic mass is 9.86. The summed E-state index contributed by atoms with van der Waals surface area (Å²) < 4.78 is 5.60. The van der Waals surface area contributed by atoms with E-state index in [1.54, 1.807) is 0 Å². The molecule has 94 valence electrons. The van der Waals surface area contributed by atoms with Crippen LogP contribution in [0.3, 0.4) is 0 Å². The molecule has 0 atom stereocenters. The molecule has 0 amide bonds. The molecule has 2 N–H and O–H groups in total. The fourth-order valence-corrected chi connectivity index (χ4v) is 2.37. The minimum atomic E-state index is -0.571. The first-order chi connectivity index (χ1) is 8.23. The highest BCUT2D eigenvalue weighted by molar-refractivity contribution is 5.34. The smallest absolute Gasteiger partial charge is 0.122 e. The molecule has 1 aliphatic heterocycles. The van der Waals surface area contributed by atoms with Crippen molar-refractivity contribution < 1.29 is 9.84 Å². The van der Waals surface area contributed by atoms with Crippen LogP contribution in [0.4, 0.5) is 0 Å². The van der Waals surface area contributed by atoms with Gasteiger partial charge in [0.2, 0.25) is 0 Å². The van der Waals surface area contributed by atoms with Crippen LogP contribution >= 0.6 is 0 Å². The van der Waals surface area contributed by atoms with Gasteiger partial charge in [-0.1, -0.05) is 18.2 Å². The Hall–Kier alpha value is -1.06. The number of rotatable bonds is 4. The zero-order chi connectivity index (χ0) is 12.1. The van der Waals surface area contributed by atoms with Gasteiger partial charge in [0.25, 0.3) is 0 Å². The van der Waals surface area contributed by atoms with E-state index in [1.165, 1.54) is 0 Å². The van der Waals surface area contributed by atoms with Gasteiger partial charge in [-0.15, -0.1) is 0 Å². The van der Waals surface area contributed by atoms with Gasteiger partial charge in [0.1, 0.15) is 5.75 Å². The van der Waals surface area contributed by atoms with E-state index in [2.05, 4.69) is 5.32 Å². The summed E-state index contributed by atoms with van der Waals surface area (Å²) in [5.41, 5.74) is 0.539. The standard InChI is InChI=1S/C14H21NO2/c1-2-17-13-6-4-3-5-12(13)11-14(16)7-9-15-10-8-14/h3-6,15-16H,2,7-11H2,1H3. The number of para-hydroxylation sites is 1. The number of hydrogen-bond donors (Lipinski definition) is 2. The van der Waals surface area contributed by atoms with E-state index in [0.717, 1.165) is 37.2 Å². The maximum absolute atomic E-state index is 10.5. The highest BCUT2D eigenvalue weighted by Crippen LogP contribution is 2.28. The molecule has 2 rings (SSSR count). The molecular formula is C14H21NO2. The number of aliphatic hydroxyl groups is 1. The zero-order valence-corrected chi connectivity index (χ0v) is 10.4. The van der Waals surface area contributed by atoms with E-state index in [1.807, 2.05) is 31.2 Å². The Kier molecular flexibility index (Phi) is 4.02. The van der Waals surface area contributed by atoms with Crippen LogP contribution < -0.4 is 10.1 Å². The molecule has 0 unspecified atom stereocenters. The quantitative estimate of drug-likeness (QED) is 0.835. The topological polar surface area (TPSA) is 41.5 Å². The van der Waals surface area contributed by atoms with Gasteiger partial charge in [0.15, 0.2) is 0 Å². The van der Waals surface area contributed by atoms with Crippen molar-refractivity contribution >= 4 is 0 Å². The minimum Gasteiger partial charge on any atom is -0.494 e. The predicted molar refractivity (Wildman–Crippen MR) is 68.4 cm³/mol. The molecule has 17 heavy (non-hydrogen) atoms. The van der Waals surface area contributed by atoms with Crippen molar-refractivity contribution in [1.29, 1.82) is 0 Å². The van der Waals surface area contributed by atoms with Crippen molar-refractivity contribution in [3.63, 3.8) is 0 Å². The van der Waals surface area contributed by atoms with E-state index >= 15 is 0 Å². The van der Waals surface area contributed by atoms with Crippen LogP contribution in [-0.4, -0.2) is 30.4 Å². The van der Waals surface area contributed by atoms with Crippen molar-refractivity contribution in [2.24, 2.45) is 0 Å². The second-order valence-corrected chi connectivity index (χ2v) is 4.69. The summed E-state index contributed by atoms with van der Waals surface area (Å²) in [6, 6.07) is 8.00. The van der Waals surface area contributed by atoms with Crippen LogP contribution in [0.2, 0.25) is 0 Å². The van der Waals surface area contributed by atoms with Crippen LogP contribution in [0.5, 0.6) is 5.75 Å². The lowest BCUT2D eigenvalue weighted by Gasteiger charge is -2.33. The zero-order valence-electron chi connectivity index (χ0n) is 10.4.